The molecular formula is C15H5Cl3F7N3OS. The van der Waals surface area contributed by atoms with Crippen LogP contribution in [-0.2, 0) is 19.4 Å². The summed E-state index contributed by atoms with van der Waals surface area (Å²) < 4.78 is 97.8. The highest BCUT2D eigenvalue weighted by Crippen LogP contribution is 2.48. The van der Waals surface area contributed by atoms with Crippen LogP contribution in [0.1, 0.15) is 10.7 Å². The minimum atomic E-state index is -4.89. The molecule has 0 unspecified atom stereocenters. The van der Waals surface area contributed by atoms with Crippen molar-refractivity contribution in [2.24, 2.45) is 7.05 Å². The monoisotopic (exact) mass is 513 g/mol. The predicted molar refractivity (Wildman–Crippen MR) is 95.8 cm³/mol. The Morgan fingerprint density at radius 1 is 1.00 bits per heavy atom. The molecule has 0 bridgehead atoms. The smallest absolute Gasteiger partial charge is 0.428 e. The number of rotatable bonds is 3. The largest absolute Gasteiger partial charge is 0.445 e. The molecular weight excluding hydrogens is 510 g/mol. The zero-order chi connectivity index (χ0) is 22.6. The molecule has 30 heavy (non-hydrogen) atoms. The fourth-order valence-electron chi connectivity index (χ4n) is 2.42. The molecule has 0 aliphatic rings. The first-order chi connectivity index (χ1) is 13.7. The van der Waals surface area contributed by atoms with Crippen LogP contribution in [0.4, 0.5) is 30.7 Å². The molecule has 2 aromatic heterocycles. The van der Waals surface area contributed by atoms with Crippen molar-refractivity contribution >= 4 is 46.1 Å². The second-order valence-corrected chi connectivity index (χ2v) is 7.70. The van der Waals surface area contributed by atoms with E-state index in [9.17, 15) is 30.7 Å². The van der Waals surface area contributed by atoms with Crippen LogP contribution in [-0.4, -0.2) is 14.8 Å². The lowest BCUT2D eigenvalue weighted by Gasteiger charge is -2.09. The van der Waals surface area contributed by atoms with E-state index in [1.54, 1.807) is 0 Å². The molecule has 2 heterocycles. The van der Waals surface area contributed by atoms with Crippen LogP contribution in [0.2, 0.25) is 15.2 Å². The van der Waals surface area contributed by atoms with Crippen molar-refractivity contribution in [3.05, 3.63) is 43.8 Å². The lowest BCUT2D eigenvalue weighted by atomic mass is 10.1. The molecule has 15 heteroatoms. The fraction of sp³-hybridized carbons (Fsp3) is 0.200. The molecule has 1 aromatic carbocycles. The van der Waals surface area contributed by atoms with Gasteiger partial charge in [-0.3, -0.25) is 0 Å². The molecule has 0 spiro atoms. The zero-order valence-corrected chi connectivity index (χ0v) is 17.2. The number of hydrogen-bond donors (Lipinski definition) is 0. The molecule has 0 N–H and O–H groups in total. The minimum absolute atomic E-state index is 0.0386. The maximum Gasteiger partial charge on any atom is 0.445 e. The third-order valence-electron chi connectivity index (χ3n) is 3.67. The van der Waals surface area contributed by atoms with E-state index in [0.717, 1.165) is 13.1 Å². The normalized spacial score (nSPS) is 12.5. The molecule has 0 amide bonds. The van der Waals surface area contributed by atoms with Gasteiger partial charge in [0.2, 0.25) is 5.01 Å². The second kappa shape index (κ2) is 7.74. The summed E-state index contributed by atoms with van der Waals surface area (Å²) in [5.74, 6) is -1.49. The number of ether oxygens (including phenoxy) is 1. The SMILES string of the molecule is Cn1c(Cl)c(-c2cc(Oc3nnc(C(F)(F)F)s3)c(Cl)cc2F)c(Cl)c1C(F)(F)F. The van der Waals surface area contributed by atoms with Crippen molar-refractivity contribution < 1.29 is 35.5 Å². The lowest BCUT2D eigenvalue weighted by molar-refractivity contribution is -0.143. The number of halogens is 10. The molecule has 4 nitrogen and oxygen atoms in total. The number of nitrogens with zero attached hydrogens (tertiary/aromatic N) is 3. The molecule has 0 aliphatic carbocycles. The Labute approximate surface area is 181 Å². The first-order valence-electron chi connectivity index (χ1n) is 7.40. The van der Waals surface area contributed by atoms with Crippen molar-refractivity contribution in [3.8, 4) is 22.1 Å². The van der Waals surface area contributed by atoms with E-state index >= 15 is 0 Å². The highest BCUT2D eigenvalue weighted by Gasteiger charge is 2.40. The predicted octanol–water partition coefficient (Wildman–Crippen LogP) is 7.47. The van der Waals surface area contributed by atoms with Gasteiger partial charge in [-0.25, -0.2) is 4.39 Å². The minimum Gasteiger partial charge on any atom is -0.428 e. The summed E-state index contributed by atoms with van der Waals surface area (Å²) in [4.78, 5) is 0. The summed E-state index contributed by atoms with van der Waals surface area (Å²) in [6.07, 6.45) is -9.66. The second-order valence-electron chi connectivity index (χ2n) is 5.62. The van der Waals surface area contributed by atoms with Crippen LogP contribution >= 0.6 is 46.1 Å². The molecule has 162 valence electrons. The average molecular weight is 515 g/mol. The first-order valence-corrected chi connectivity index (χ1v) is 9.35. The Morgan fingerprint density at radius 2 is 1.63 bits per heavy atom. The van der Waals surface area contributed by atoms with Gasteiger partial charge in [0.1, 0.15) is 22.4 Å². The van der Waals surface area contributed by atoms with E-state index in [0.29, 0.717) is 10.6 Å². The number of hydrogen-bond acceptors (Lipinski definition) is 4. The Hall–Kier alpha value is -1.76. The van der Waals surface area contributed by atoms with Crippen molar-refractivity contribution in [3.63, 3.8) is 0 Å². The van der Waals surface area contributed by atoms with Crippen LogP contribution in [0.3, 0.4) is 0 Å². The molecule has 0 saturated heterocycles. The van der Waals surface area contributed by atoms with Gasteiger partial charge in [-0.05, 0) is 12.1 Å². The van der Waals surface area contributed by atoms with Crippen LogP contribution in [0.25, 0.3) is 11.1 Å². The van der Waals surface area contributed by atoms with Crippen LogP contribution in [0, 0.1) is 5.82 Å². The molecule has 0 fully saturated rings. The summed E-state index contributed by atoms with van der Waals surface area (Å²) in [6.45, 7) is 0. The van der Waals surface area contributed by atoms with Gasteiger partial charge in [0.15, 0.2) is 0 Å². The van der Waals surface area contributed by atoms with Gasteiger partial charge in [0.25, 0.3) is 5.19 Å². The summed E-state index contributed by atoms with van der Waals surface area (Å²) in [5.41, 5.74) is -2.34. The maximum absolute atomic E-state index is 14.5. The molecule has 0 saturated carbocycles. The highest BCUT2D eigenvalue weighted by molar-refractivity contribution is 7.13. The van der Waals surface area contributed by atoms with Crippen LogP contribution in [0.15, 0.2) is 12.1 Å². The van der Waals surface area contributed by atoms with E-state index < -0.39 is 61.1 Å². The fourth-order valence-corrected chi connectivity index (χ4v) is 3.94. The molecule has 3 aromatic rings. The van der Waals surface area contributed by atoms with E-state index in [4.69, 9.17) is 39.5 Å². The summed E-state index contributed by atoms with van der Waals surface area (Å²) in [5, 5.41) is 2.43. The number of alkyl halides is 6. The molecule has 0 aliphatic heterocycles. The zero-order valence-electron chi connectivity index (χ0n) is 14.1. The molecule has 0 radical (unpaired) electrons. The topological polar surface area (TPSA) is 39.9 Å². The van der Waals surface area contributed by atoms with E-state index in [1.165, 1.54) is 0 Å². The summed E-state index contributed by atoms with van der Waals surface area (Å²) in [7, 11) is 0.978. The standard InChI is InChI=1S/C15H5Cl3F7N3OS/c1-28-10(14(20,21)22)9(17)8(11(28)18)4-2-7(5(16)3-6(4)19)29-13-27-26-12(30-13)15(23,24)25/h2-3H,1H3. The molecule has 0 atom stereocenters. The van der Waals surface area contributed by atoms with Crippen molar-refractivity contribution in [2.45, 2.75) is 12.4 Å². The van der Waals surface area contributed by atoms with Crippen molar-refractivity contribution in [1.82, 2.24) is 14.8 Å². The van der Waals surface area contributed by atoms with Crippen LogP contribution < -0.4 is 4.74 Å². The van der Waals surface area contributed by atoms with Gasteiger partial charge in [-0.15, -0.1) is 5.10 Å². The Morgan fingerprint density at radius 3 is 2.13 bits per heavy atom. The third kappa shape index (κ3) is 4.18. The maximum atomic E-state index is 14.5. The van der Waals surface area contributed by atoms with Gasteiger partial charge in [0, 0.05) is 18.2 Å². The Kier molecular flexibility index (Phi) is 5.91. The van der Waals surface area contributed by atoms with Gasteiger partial charge < -0.3 is 9.30 Å². The van der Waals surface area contributed by atoms with Gasteiger partial charge in [0.05, 0.1) is 10.0 Å². The van der Waals surface area contributed by atoms with Crippen LogP contribution in [0.5, 0.6) is 10.9 Å². The summed E-state index contributed by atoms with van der Waals surface area (Å²) >= 11 is 17.6. The Bertz CT molecular complexity index is 1120. The summed E-state index contributed by atoms with van der Waals surface area (Å²) in [6, 6.07) is 1.53. The molecule has 3 rings (SSSR count). The van der Waals surface area contributed by atoms with Gasteiger partial charge in [-0.1, -0.05) is 51.2 Å². The van der Waals surface area contributed by atoms with Gasteiger partial charge in [-0.2, -0.15) is 26.3 Å². The Balaban J connectivity index is 2.10. The van der Waals surface area contributed by atoms with E-state index in [1.807, 2.05) is 0 Å². The van der Waals surface area contributed by atoms with E-state index in [2.05, 4.69) is 10.2 Å². The third-order valence-corrected chi connectivity index (χ3v) is 5.62. The van der Waals surface area contributed by atoms with E-state index in [-0.39, 0.29) is 16.4 Å². The number of benzene rings is 1. The van der Waals surface area contributed by atoms with Crippen molar-refractivity contribution in [1.29, 1.82) is 0 Å². The van der Waals surface area contributed by atoms with Gasteiger partial charge >= 0.3 is 12.4 Å². The van der Waals surface area contributed by atoms with Crippen molar-refractivity contribution in [2.75, 3.05) is 0 Å². The quantitative estimate of drug-likeness (QED) is 0.340. The lowest BCUT2D eigenvalue weighted by Crippen LogP contribution is -2.11. The highest BCUT2D eigenvalue weighted by atomic mass is 35.5. The average Bonchev–Trinajstić information content (AvgIpc) is 3.14. The number of aromatic nitrogens is 3. The first kappa shape index (κ1) is 22.9.